The molecule has 3 atom stereocenters. The van der Waals surface area contributed by atoms with E-state index in [4.69, 9.17) is 9.47 Å². The van der Waals surface area contributed by atoms with Crippen LogP contribution in [0.15, 0.2) is 0 Å². The van der Waals surface area contributed by atoms with Crippen molar-refractivity contribution in [3.63, 3.8) is 0 Å². The van der Waals surface area contributed by atoms with E-state index in [0.29, 0.717) is 0 Å². The van der Waals surface area contributed by atoms with Crippen LogP contribution in [-0.2, 0) is 14.3 Å². The summed E-state index contributed by atoms with van der Waals surface area (Å²) in [6, 6.07) is 0.168. The Morgan fingerprint density at radius 3 is 2.32 bits per heavy atom. The zero-order valence-electron chi connectivity index (χ0n) is 12.1. The van der Waals surface area contributed by atoms with Crippen molar-refractivity contribution in [1.29, 1.82) is 0 Å². The first-order valence-electron chi connectivity index (χ1n) is 6.92. The number of piperidine rings is 1. The Labute approximate surface area is 114 Å². The molecule has 1 amide bonds. The van der Waals surface area contributed by atoms with E-state index in [1.807, 2.05) is 20.8 Å². The second-order valence-corrected chi connectivity index (χ2v) is 6.39. The fraction of sp³-hybridized carbons (Fsp3) is 0.857. The molecule has 2 aliphatic rings. The molecule has 2 bridgehead atoms. The van der Waals surface area contributed by atoms with Gasteiger partial charge >= 0.3 is 12.1 Å². The molecular weight excluding hydrogens is 246 g/mol. The van der Waals surface area contributed by atoms with Gasteiger partial charge in [0.15, 0.2) is 0 Å². The fourth-order valence-electron chi connectivity index (χ4n) is 3.18. The molecule has 0 N–H and O–H groups in total. The molecule has 0 aromatic carbocycles. The van der Waals surface area contributed by atoms with Gasteiger partial charge in [-0.1, -0.05) is 0 Å². The van der Waals surface area contributed by atoms with E-state index in [1.54, 1.807) is 4.90 Å². The normalized spacial score (nSPS) is 30.1. The van der Waals surface area contributed by atoms with Crippen molar-refractivity contribution < 1.29 is 19.1 Å². The summed E-state index contributed by atoms with van der Waals surface area (Å²) in [7, 11) is 1.40. The number of fused-ring (bicyclic) bond motifs is 2. The lowest BCUT2D eigenvalue weighted by Gasteiger charge is -2.39. The highest BCUT2D eigenvalue weighted by Gasteiger charge is 2.48. The van der Waals surface area contributed by atoms with E-state index in [9.17, 15) is 9.59 Å². The predicted molar refractivity (Wildman–Crippen MR) is 69.6 cm³/mol. The molecule has 0 spiro atoms. The van der Waals surface area contributed by atoms with Crippen LogP contribution in [0.5, 0.6) is 0 Å². The first-order chi connectivity index (χ1) is 8.83. The molecule has 0 aromatic heterocycles. The summed E-state index contributed by atoms with van der Waals surface area (Å²) in [6.45, 7) is 5.57. The van der Waals surface area contributed by atoms with Gasteiger partial charge in [-0.3, -0.25) is 4.79 Å². The molecular formula is C14H23NO4. The number of ether oxygens (including phenoxy) is 2. The largest absolute Gasteiger partial charge is 0.469 e. The zero-order chi connectivity index (χ0) is 14.2. The highest BCUT2D eigenvalue weighted by Crippen LogP contribution is 2.40. The third kappa shape index (κ3) is 2.85. The van der Waals surface area contributed by atoms with E-state index in [0.717, 1.165) is 25.7 Å². The summed E-state index contributed by atoms with van der Waals surface area (Å²) in [5.74, 6) is -0.407. The summed E-state index contributed by atoms with van der Waals surface area (Å²) in [5.41, 5.74) is -0.505. The van der Waals surface area contributed by atoms with Gasteiger partial charge in [0.25, 0.3) is 0 Å². The second-order valence-electron chi connectivity index (χ2n) is 6.39. The highest BCUT2D eigenvalue weighted by atomic mass is 16.6. The molecule has 0 unspecified atom stereocenters. The monoisotopic (exact) mass is 269 g/mol. The maximum Gasteiger partial charge on any atom is 0.410 e. The van der Waals surface area contributed by atoms with Crippen LogP contribution in [0.3, 0.4) is 0 Å². The zero-order valence-corrected chi connectivity index (χ0v) is 12.1. The molecule has 108 valence electrons. The van der Waals surface area contributed by atoms with Crippen molar-refractivity contribution in [2.24, 2.45) is 5.92 Å². The fourth-order valence-corrected chi connectivity index (χ4v) is 3.18. The average Bonchev–Trinajstić information content (AvgIpc) is 2.61. The van der Waals surface area contributed by atoms with Crippen molar-refractivity contribution in [2.75, 3.05) is 7.11 Å². The molecule has 5 heteroatoms. The smallest absolute Gasteiger partial charge is 0.410 e. The van der Waals surface area contributed by atoms with Gasteiger partial charge in [0.05, 0.1) is 13.0 Å². The number of rotatable bonds is 1. The van der Waals surface area contributed by atoms with Gasteiger partial charge < -0.3 is 14.4 Å². The average molecular weight is 269 g/mol. The van der Waals surface area contributed by atoms with Gasteiger partial charge in [0.1, 0.15) is 5.60 Å². The van der Waals surface area contributed by atoms with Gasteiger partial charge in [-0.05, 0) is 46.5 Å². The number of carbonyl (C=O) groups excluding carboxylic acids is 2. The predicted octanol–water partition coefficient (Wildman–Crippen LogP) is 2.34. The number of carbonyl (C=O) groups is 2. The number of methoxy groups -OCH3 is 1. The summed E-state index contributed by atoms with van der Waals surface area (Å²) in [4.78, 5) is 25.9. The van der Waals surface area contributed by atoms with E-state index in [2.05, 4.69) is 0 Å². The summed E-state index contributed by atoms with van der Waals surface area (Å²) >= 11 is 0. The van der Waals surface area contributed by atoms with Crippen LogP contribution in [0.2, 0.25) is 0 Å². The molecule has 5 nitrogen and oxygen atoms in total. The number of esters is 1. The quantitative estimate of drug-likeness (QED) is 0.686. The molecule has 2 fully saturated rings. The van der Waals surface area contributed by atoms with Crippen molar-refractivity contribution in [1.82, 2.24) is 4.90 Å². The minimum atomic E-state index is -0.505. The standard InChI is InChI=1S/C14H23NO4/c1-14(2,3)19-13(17)15-9-5-7-10(12(16)18-4)11(15)8-6-9/h9-11H,5-8H2,1-4H3/t9-,10-,11+/m0/s1. The number of hydrogen-bond donors (Lipinski definition) is 0. The summed E-state index contributed by atoms with van der Waals surface area (Å²) in [5, 5.41) is 0. The van der Waals surface area contributed by atoms with E-state index in [1.165, 1.54) is 7.11 Å². The molecule has 0 aromatic rings. The van der Waals surface area contributed by atoms with E-state index in [-0.39, 0.29) is 30.1 Å². The van der Waals surface area contributed by atoms with Crippen molar-refractivity contribution >= 4 is 12.1 Å². The van der Waals surface area contributed by atoms with Crippen molar-refractivity contribution in [2.45, 2.75) is 64.1 Å². The Hall–Kier alpha value is -1.26. The number of nitrogens with zero attached hydrogens (tertiary/aromatic N) is 1. The first-order valence-corrected chi connectivity index (χ1v) is 6.92. The van der Waals surface area contributed by atoms with Gasteiger partial charge in [-0.25, -0.2) is 4.79 Å². The van der Waals surface area contributed by atoms with Crippen LogP contribution in [0.25, 0.3) is 0 Å². The van der Waals surface area contributed by atoms with Crippen LogP contribution < -0.4 is 0 Å². The van der Waals surface area contributed by atoms with Gasteiger partial charge in [-0.15, -0.1) is 0 Å². The maximum absolute atomic E-state index is 12.3. The Morgan fingerprint density at radius 2 is 1.74 bits per heavy atom. The summed E-state index contributed by atoms with van der Waals surface area (Å²) in [6.07, 6.45) is 3.19. The molecule has 0 radical (unpaired) electrons. The molecule has 0 aliphatic carbocycles. The Kier molecular flexibility index (Phi) is 3.74. The lowest BCUT2D eigenvalue weighted by molar-refractivity contribution is -0.149. The topological polar surface area (TPSA) is 55.8 Å². The molecule has 19 heavy (non-hydrogen) atoms. The lowest BCUT2D eigenvalue weighted by atomic mass is 9.90. The lowest BCUT2D eigenvalue weighted by Crippen LogP contribution is -2.51. The number of amides is 1. The Morgan fingerprint density at radius 1 is 1.11 bits per heavy atom. The van der Waals surface area contributed by atoms with Crippen LogP contribution in [0.1, 0.15) is 46.5 Å². The minimum absolute atomic E-state index is 0.0546. The minimum Gasteiger partial charge on any atom is -0.469 e. The maximum atomic E-state index is 12.3. The van der Waals surface area contributed by atoms with Crippen molar-refractivity contribution in [3.8, 4) is 0 Å². The molecule has 2 aliphatic heterocycles. The third-order valence-corrected chi connectivity index (χ3v) is 3.93. The Bertz CT molecular complexity index is 374. The van der Waals surface area contributed by atoms with Crippen LogP contribution in [-0.4, -0.2) is 41.8 Å². The molecule has 2 rings (SSSR count). The first kappa shape index (κ1) is 14.2. The van der Waals surface area contributed by atoms with Crippen molar-refractivity contribution in [3.05, 3.63) is 0 Å². The highest BCUT2D eigenvalue weighted by molar-refractivity contribution is 5.76. The SMILES string of the molecule is COC(=O)[C@H]1CC[C@H]2CC[C@H]1N2C(=O)OC(C)(C)C. The molecule has 0 saturated carbocycles. The summed E-state index contributed by atoms with van der Waals surface area (Å²) < 4.78 is 10.3. The third-order valence-electron chi connectivity index (χ3n) is 3.93. The second kappa shape index (κ2) is 5.02. The van der Waals surface area contributed by atoms with E-state index < -0.39 is 5.60 Å². The van der Waals surface area contributed by atoms with Gasteiger partial charge in [0, 0.05) is 12.1 Å². The Balaban J connectivity index is 2.12. The van der Waals surface area contributed by atoms with Crippen LogP contribution >= 0.6 is 0 Å². The van der Waals surface area contributed by atoms with Gasteiger partial charge in [0.2, 0.25) is 0 Å². The van der Waals surface area contributed by atoms with E-state index >= 15 is 0 Å². The molecule has 2 saturated heterocycles. The molecule has 2 heterocycles. The number of hydrogen-bond acceptors (Lipinski definition) is 4. The van der Waals surface area contributed by atoms with Gasteiger partial charge in [-0.2, -0.15) is 0 Å². The van der Waals surface area contributed by atoms with Crippen LogP contribution in [0.4, 0.5) is 4.79 Å². The van der Waals surface area contributed by atoms with Crippen LogP contribution in [0, 0.1) is 5.92 Å².